The highest BCUT2D eigenvalue weighted by molar-refractivity contribution is 7.71. The van der Waals surface area contributed by atoms with Crippen LogP contribution in [0.15, 0.2) is 24.4 Å². The van der Waals surface area contributed by atoms with E-state index in [4.69, 9.17) is 12.2 Å². The summed E-state index contributed by atoms with van der Waals surface area (Å²) in [4.78, 5) is 7.00. The summed E-state index contributed by atoms with van der Waals surface area (Å²) >= 11 is 5.11. The maximum Gasteiger partial charge on any atom is 0.196 e. The highest BCUT2D eigenvalue weighted by Gasteiger charge is 2.18. The molecule has 0 radical (unpaired) electrons. The number of aromatic nitrogens is 3. The average Bonchev–Trinajstić information content (AvgIpc) is 2.75. The van der Waals surface area contributed by atoms with Crippen molar-refractivity contribution in [3.8, 4) is 5.69 Å². The first-order chi connectivity index (χ1) is 9.50. The summed E-state index contributed by atoms with van der Waals surface area (Å²) in [6.45, 7) is 1.83. The zero-order valence-corrected chi connectivity index (χ0v) is 11.1. The first-order valence-electron chi connectivity index (χ1n) is 5.71. The van der Waals surface area contributed by atoms with E-state index in [0.717, 1.165) is 17.7 Å². The average molecular weight is 295 g/mol. The molecule has 0 amide bonds. The second kappa shape index (κ2) is 4.45. The Morgan fingerprint density at radius 2 is 1.90 bits per heavy atom. The summed E-state index contributed by atoms with van der Waals surface area (Å²) in [7, 11) is 0. The molecular formula is C13H8F3N3S. The second-order valence-electron chi connectivity index (χ2n) is 4.29. The van der Waals surface area contributed by atoms with E-state index >= 15 is 0 Å². The van der Waals surface area contributed by atoms with E-state index in [1.165, 1.54) is 10.8 Å². The van der Waals surface area contributed by atoms with E-state index < -0.39 is 17.5 Å². The number of pyridine rings is 1. The first-order valence-corrected chi connectivity index (χ1v) is 6.11. The third kappa shape index (κ3) is 1.74. The SMILES string of the molecule is Cc1ccnc2c1[nH]c(=S)n2-c1ccc(F)c(F)c1F. The number of hydrogen-bond acceptors (Lipinski definition) is 2. The van der Waals surface area contributed by atoms with Crippen LogP contribution in [0.3, 0.4) is 0 Å². The maximum atomic E-state index is 13.9. The molecule has 102 valence electrons. The minimum absolute atomic E-state index is 0.159. The van der Waals surface area contributed by atoms with Crippen LogP contribution in [-0.4, -0.2) is 14.5 Å². The standard InChI is InChI=1S/C13H8F3N3S/c1-6-4-5-17-12-11(6)18-13(20)19(12)8-3-2-7(14)9(15)10(8)16/h2-5H,1H3,(H,18,20). The predicted octanol–water partition coefficient (Wildman–Crippen LogP) is 3.81. The molecule has 1 N–H and O–H groups in total. The Morgan fingerprint density at radius 1 is 1.15 bits per heavy atom. The fourth-order valence-corrected chi connectivity index (χ4v) is 2.33. The summed E-state index contributed by atoms with van der Waals surface area (Å²) in [6, 6.07) is 3.74. The number of fused-ring (bicyclic) bond motifs is 1. The van der Waals surface area contributed by atoms with Gasteiger partial charge >= 0.3 is 0 Å². The largest absolute Gasteiger partial charge is 0.329 e. The van der Waals surface area contributed by atoms with Gasteiger partial charge in [0.1, 0.15) is 0 Å². The van der Waals surface area contributed by atoms with E-state index in [9.17, 15) is 13.2 Å². The molecule has 7 heteroatoms. The number of imidazole rings is 1. The lowest BCUT2D eigenvalue weighted by atomic mass is 10.2. The van der Waals surface area contributed by atoms with Gasteiger partial charge in [0, 0.05) is 6.20 Å². The first kappa shape index (κ1) is 12.9. The molecule has 3 nitrogen and oxygen atoms in total. The molecule has 0 saturated heterocycles. The molecule has 2 heterocycles. The van der Waals surface area contributed by atoms with E-state index in [1.54, 1.807) is 6.07 Å². The normalized spacial score (nSPS) is 11.2. The molecule has 0 aliphatic rings. The number of halogens is 3. The van der Waals surface area contributed by atoms with Crippen molar-refractivity contribution in [2.24, 2.45) is 0 Å². The predicted molar refractivity (Wildman–Crippen MR) is 70.9 cm³/mol. The van der Waals surface area contributed by atoms with Crippen LogP contribution in [0.5, 0.6) is 0 Å². The molecular weight excluding hydrogens is 287 g/mol. The van der Waals surface area contributed by atoms with Gasteiger partial charge in [-0.2, -0.15) is 0 Å². The maximum absolute atomic E-state index is 13.9. The Morgan fingerprint density at radius 3 is 2.65 bits per heavy atom. The van der Waals surface area contributed by atoms with Crippen molar-refractivity contribution in [1.82, 2.24) is 14.5 Å². The molecule has 0 unspecified atom stereocenters. The third-order valence-corrected chi connectivity index (χ3v) is 3.33. The van der Waals surface area contributed by atoms with Crippen LogP contribution >= 0.6 is 12.2 Å². The summed E-state index contributed by atoms with van der Waals surface area (Å²) in [6.07, 6.45) is 1.54. The Balaban J connectivity index is 2.42. The van der Waals surface area contributed by atoms with Gasteiger partial charge in [-0.25, -0.2) is 18.2 Å². The lowest BCUT2D eigenvalue weighted by molar-refractivity contribution is 0.445. The minimum atomic E-state index is -1.54. The Bertz CT molecular complexity index is 882. The van der Waals surface area contributed by atoms with E-state index in [1.807, 2.05) is 6.92 Å². The summed E-state index contributed by atoms with van der Waals surface area (Å²) in [5.41, 5.74) is 1.67. The monoisotopic (exact) mass is 295 g/mol. The Hall–Kier alpha value is -2.15. The summed E-state index contributed by atoms with van der Waals surface area (Å²) in [5, 5.41) is 0. The molecule has 0 aliphatic carbocycles. The van der Waals surface area contributed by atoms with Gasteiger partial charge in [0.15, 0.2) is 27.9 Å². The van der Waals surface area contributed by atoms with Crippen molar-refractivity contribution in [2.45, 2.75) is 6.92 Å². The molecule has 0 fully saturated rings. The number of H-pyrrole nitrogens is 1. The number of aryl methyl sites for hydroxylation is 1. The van der Waals surface area contributed by atoms with Crippen LogP contribution in [-0.2, 0) is 0 Å². The van der Waals surface area contributed by atoms with E-state index in [-0.39, 0.29) is 10.5 Å². The van der Waals surface area contributed by atoms with Gasteiger partial charge in [-0.15, -0.1) is 0 Å². The van der Waals surface area contributed by atoms with Crippen LogP contribution in [0, 0.1) is 29.1 Å². The molecule has 20 heavy (non-hydrogen) atoms. The number of aromatic amines is 1. The molecule has 0 spiro atoms. The van der Waals surface area contributed by atoms with Gasteiger partial charge in [0.25, 0.3) is 0 Å². The van der Waals surface area contributed by atoms with Crippen molar-refractivity contribution in [2.75, 3.05) is 0 Å². The molecule has 0 atom stereocenters. The number of hydrogen-bond donors (Lipinski definition) is 1. The molecule has 0 bridgehead atoms. The highest BCUT2D eigenvalue weighted by atomic mass is 32.1. The quantitative estimate of drug-likeness (QED) is 0.547. The van der Waals surface area contributed by atoms with Crippen LogP contribution in [0.1, 0.15) is 5.56 Å². The van der Waals surface area contributed by atoms with Crippen molar-refractivity contribution in [3.05, 3.63) is 52.2 Å². The zero-order chi connectivity index (χ0) is 14.4. The molecule has 3 rings (SSSR count). The molecule has 2 aromatic heterocycles. The van der Waals surface area contributed by atoms with Gasteiger partial charge in [-0.05, 0) is 42.9 Å². The van der Waals surface area contributed by atoms with Crippen molar-refractivity contribution < 1.29 is 13.2 Å². The molecule has 0 saturated carbocycles. The van der Waals surface area contributed by atoms with Crippen LogP contribution in [0.2, 0.25) is 0 Å². The highest BCUT2D eigenvalue weighted by Crippen LogP contribution is 2.24. The fraction of sp³-hybridized carbons (Fsp3) is 0.0769. The number of nitrogens with one attached hydrogen (secondary N) is 1. The van der Waals surface area contributed by atoms with Crippen molar-refractivity contribution >= 4 is 23.4 Å². The minimum Gasteiger partial charge on any atom is -0.329 e. The lowest BCUT2D eigenvalue weighted by Crippen LogP contribution is -2.03. The second-order valence-corrected chi connectivity index (χ2v) is 4.67. The third-order valence-electron chi connectivity index (χ3n) is 3.04. The molecule has 3 aromatic rings. The number of nitrogens with zero attached hydrogens (tertiary/aromatic N) is 2. The van der Waals surface area contributed by atoms with E-state index in [0.29, 0.717) is 11.2 Å². The van der Waals surface area contributed by atoms with Gasteiger partial charge in [0.05, 0.1) is 11.2 Å². The Labute approximate surface area is 116 Å². The Kier molecular flexibility index (Phi) is 2.86. The van der Waals surface area contributed by atoms with Crippen LogP contribution in [0.4, 0.5) is 13.2 Å². The molecule has 1 aromatic carbocycles. The number of benzene rings is 1. The summed E-state index contributed by atoms with van der Waals surface area (Å²) < 4.78 is 41.7. The van der Waals surface area contributed by atoms with E-state index in [2.05, 4.69) is 9.97 Å². The topological polar surface area (TPSA) is 33.6 Å². The van der Waals surface area contributed by atoms with Crippen LogP contribution < -0.4 is 0 Å². The van der Waals surface area contributed by atoms with Crippen molar-refractivity contribution in [3.63, 3.8) is 0 Å². The van der Waals surface area contributed by atoms with Gasteiger partial charge in [0.2, 0.25) is 0 Å². The number of rotatable bonds is 1. The van der Waals surface area contributed by atoms with Gasteiger partial charge in [-0.1, -0.05) is 0 Å². The smallest absolute Gasteiger partial charge is 0.196 e. The van der Waals surface area contributed by atoms with Gasteiger partial charge in [-0.3, -0.25) is 4.57 Å². The fourth-order valence-electron chi connectivity index (χ4n) is 2.04. The molecule has 0 aliphatic heterocycles. The summed E-state index contributed by atoms with van der Waals surface area (Å²) in [5.74, 6) is -4.08. The lowest BCUT2D eigenvalue weighted by Gasteiger charge is -2.06. The van der Waals surface area contributed by atoms with Crippen LogP contribution in [0.25, 0.3) is 16.9 Å². The van der Waals surface area contributed by atoms with Crippen molar-refractivity contribution in [1.29, 1.82) is 0 Å². The zero-order valence-electron chi connectivity index (χ0n) is 10.2. The van der Waals surface area contributed by atoms with Gasteiger partial charge < -0.3 is 4.98 Å².